The lowest BCUT2D eigenvalue weighted by Crippen LogP contribution is -2.18. The standard InChI is InChI=1S/C17H15ClO6/c1-21-15-9-11(17(20)22-2)7-8-14(15)24-16(19)10-23-13-6-4-3-5-12(13)18/h3-9H,10H2,1-2H3. The van der Waals surface area contributed by atoms with Crippen LogP contribution < -0.4 is 14.2 Å². The van der Waals surface area contributed by atoms with E-state index in [-0.39, 0.29) is 23.7 Å². The smallest absolute Gasteiger partial charge is 0.349 e. The maximum atomic E-state index is 11.9. The molecule has 0 aromatic heterocycles. The van der Waals surface area contributed by atoms with Gasteiger partial charge in [0.15, 0.2) is 18.1 Å². The minimum Gasteiger partial charge on any atom is -0.493 e. The summed E-state index contributed by atoms with van der Waals surface area (Å²) in [5.41, 5.74) is 0.279. The molecule has 0 fully saturated rings. The molecule has 0 spiro atoms. The Kier molecular flexibility index (Phi) is 6.03. The summed E-state index contributed by atoms with van der Waals surface area (Å²) in [4.78, 5) is 23.4. The lowest BCUT2D eigenvalue weighted by molar-refractivity contribution is -0.136. The van der Waals surface area contributed by atoms with Crippen LogP contribution in [0.4, 0.5) is 0 Å². The van der Waals surface area contributed by atoms with Crippen molar-refractivity contribution in [3.63, 3.8) is 0 Å². The summed E-state index contributed by atoms with van der Waals surface area (Å²) in [6.07, 6.45) is 0. The summed E-state index contributed by atoms with van der Waals surface area (Å²) < 4.78 is 20.2. The second-order valence-corrected chi connectivity index (χ2v) is 4.96. The number of hydrogen-bond donors (Lipinski definition) is 0. The zero-order valence-electron chi connectivity index (χ0n) is 13.1. The van der Waals surface area contributed by atoms with Crippen LogP contribution in [0.3, 0.4) is 0 Å². The van der Waals surface area contributed by atoms with Crippen LogP contribution >= 0.6 is 11.6 Å². The molecule has 0 saturated heterocycles. The molecule has 0 aliphatic heterocycles. The van der Waals surface area contributed by atoms with Crippen molar-refractivity contribution < 1.29 is 28.5 Å². The molecule has 0 heterocycles. The molecule has 7 heteroatoms. The number of hydrogen-bond acceptors (Lipinski definition) is 6. The highest BCUT2D eigenvalue weighted by Gasteiger charge is 2.15. The molecule has 126 valence electrons. The molecule has 0 saturated carbocycles. The fraction of sp³-hybridized carbons (Fsp3) is 0.176. The van der Waals surface area contributed by atoms with E-state index in [0.717, 1.165) is 0 Å². The second-order valence-electron chi connectivity index (χ2n) is 4.55. The third-order valence-corrected chi connectivity index (χ3v) is 3.30. The van der Waals surface area contributed by atoms with Crippen molar-refractivity contribution in [2.75, 3.05) is 20.8 Å². The second kappa shape index (κ2) is 8.21. The molecule has 0 N–H and O–H groups in total. The first kappa shape index (κ1) is 17.6. The van der Waals surface area contributed by atoms with Crippen LogP contribution in [0.25, 0.3) is 0 Å². The van der Waals surface area contributed by atoms with Crippen LogP contribution in [0.5, 0.6) is 17.2 Å². The number of benzene rings is 2. The first-order valence-corrected chi connectivity index (χ1v) is 7.27. The van der Waals surface area contributed by atoms with Gasteiger partial charge in [0.2, 0.25) is 0 Å². The van der Waals surface area contributed by atoms with Crippen LogP contribution in [0.15, 0.2) is 42.5 Å². The van der Waals surface area contributed by atoms with Crippen molar-refractivity contribution in [2.45, 2.75) is 0 Å². The number of carbonyl (C=O) groups excluding carboxylic acids is 2. The molecule has 0 aliphatic carbocycles. The van der Waals surface area contributed by atoms with Crippen LogP contribution in [0.2, 0.25) is 5.02 Å². The van der Waals surface area contributed by atoms with E-state index in [4.69, 9.17) is 25.8 Å². The SMILES string of the molecule is COC(=O)c1ccc(OC(=O)COc2ccccc2Cl)c(OC)c1. The third kappa shape index (κ3) is 4.39. The molecule has 0 radical (unpaired) electrons. The van der Waals surface area contributed by atoms with Gasteiger partial charge < -0.3 is 18.9 Å². The molecule has 0 unspecified atom stereocenters. The topological polar surface area (TPSA) is 71.1 Å². The van der Waals surface area contributed by atoms with E-state index in [1.807, 2.05) is 0 Å². The monoisotopic (exact) mass is 350 g/mol. The van der Waals surface area contributed by atoms with Crippen LogP contribution in [0, 0.1) is 0 Å². The predicted octanol–water partition coefficient (Wildman–Crippen LogP) is 3.12. The molecular weight excluding hydrogens is 336 g/mol. The Labute approximate surface area is 143 Å². The van der Waals surface area contributed by atoms with E-state index in [9.17, 15) is 9.59 Å². The summed E-state index contributed by atoms with van der Waals surface area (Å²) >= 11 is 5.94. The highest BCUT2D eigenvalue weighted by atomic mass is 35.5. The van der Waals surface area contributed by atoms with Gasteiger partial charge in [-0.2, -0.15) is 0 Å². The van der Waals surface area contributed by atoms with Crippen molar-refractivity contribution in [3.8, 4) is 17.2 Å². The largest absolute Gasteiger partial charge is 0.493 e. The van der Waals surface area contributed by atoms with Gasteiger partial charge in [0.05, 0.1) is 24.8 Å². The number of esters is 2. The summed E-state index contributed by atoms with van der Waals surface area (Å²) in [6, 6.07) is 11.1. The number of methoxy groups -OCH3 is 2. The average Bonchev–Trinajstić information content (AvgIpc) is 2.60. The first-order chi connectivity index (χ1) is 11.5. The number of halogens is 1. The summed E-state index contributed by atoms with van der Waals surface area (Å²) in [5, 5.41) is 0.394. The molecule has 2 aromatic rings. The van der Waals surface area contributed by atoms with Crippen LogP contribution in [-0.2, 0) is 9.53 Å². The van der Waals surface area contributed by atoms with Gasteiger partial charge in [0.1, 0.15) is 5.75 Å². The predicted molar refractivity (Wildman–Crippen MR) is 86.9 cm³/mol. The molecule has 24 heavy (non-hydrogen) atoms. The minimum atomic E-state index is -0.640. The normalized spacial score (nSPS) is 9.96. The fourth-order valence-corrected chi connectivity index (χ4v) is 2.04. The lowest BCUT2D eigenvalue weighted by Gasteiger charge is -2.11. The quantitative estimate of drug-likeness (QED) is 0.589. The number of carbonyl (C=O) groups is 2. The summed E-state index contributed by atoms with van der Waals surface area (Å²) in [5.74, 6) is -0.390. The van der Waals surface area contributed by atoms with Crippen LogP contribution in [0.1, 0.15) is 10.4 Å². The van der Waals surface area contributed by atoms with Gasteiger partial charge in [0.25, 0.3) is 0 Å². The molecule has 6 nitrogen and oxygen atoms in total. The van der Waals surface area contributed by atoms with Crippen LogP contribution in [-0.4, -0.2) is 32.8 Å². The average molecular weight is 351 g/mol. The molecule has 2 rings (SSSR count). The molecular formula is C17H15ClO6. The van der Waals surface area contributed by atoms with Gasteiger partial charge in [0, 0.05) is 0 Å². The summed E-state index contributed by atoms with van der Waals surface area (Å²) in [6.45, 7) is -0.328. The number of para-hydroxylation sites is 1. The highest BCUT2D eigenvalue weighted by Crippen LogP contribution is 2.29. The van der Waals surface area contributed by atoms with Gasteiger partial charge in [-0.3, -0.25) is 0 Å². The van der Waals surface area contributed by atoms with Gasteiger partial charge in [-0.05, 0) is 30.3 Å². The maximum absolute atomic E-state index is 11.9. The van der Waals surface area contributed by atoms with E-state index < -0.39 is 11.9 Å². The Morgan fingerprint density at radius 1 is 1.00 bits per heavy atom. The van der Waals surface area contributed by atoms with Gasteiger partial charge in [-0.25, -0.2) is 9.59 Å². The van der Waals surface area contributed by atoms with E-state index in [2.05, 4.69) is 4.74 Å². The number of rotatable bonds is 6. The molecule has 0 bridgehead atoms. The van der Waals surface area contributed by atoms with Crippen molar-refractivity contribution in [1.29, 1.82) is 0 Å². The Morgan fingerprint density at radius 2 is 1.75 bits per heavy atom. The van der Waals surface area contributed by atoms with Gasteiger partial charge in [-0.15, -0.1) is 0 Å². The van der Waals surface area contributed by atoms with E-state index in [1.165, 1.54) is 32.4 Å². The Hall–Kier alpha value is -2.73. The number of ether oxygens (including phenoxy) is 4. The van der Waals surface area contributed by atoms with E-state index >= 15 is 0 Å². The van der Waals surface area contributed by atoms with Crippen molar-refractivity contribution >= 4 is 23.5 Å². The Morgan fingerprint density at radius 3 is 2.42 bits per heavy atom. The minimum absolute atomic E-state index is 0.165. The zero-order chi connectivity index (χ0) is 17.5. The van der Waals surface area contributed by atoms with E-state index in [1.54, 1.807) is 24.3 Å². The Balaban J connectivity index is 2.03. The zero-order valence-corrected chi connectivity index (χ0v) is 13.8. The van der Waals surface area contributed by atoms with E-state index in [0.29, 0.717) is 10.8 Å². The van der Waals surface area contributed by atoms with Gasteiger partial charge in [-0.1, -0.05) is 23.7 Å². The fourth-order valence-electron chi connectivity index (χ4n) is 1.85. The van der Waals surface area contributed by atoms with Crippen molar-refractivity contribution in [3.05, 3.63) is 53.1 Å². The van der Waals surface area contributed by atoms with Crippen molar-refractivity contribution in [1.82, 2.24) is 0 Å². The molecule has 0 amide bonds. The molecule has 0 aliphatic rings. The summed E-state index contributed by atoms with van der Waals surface area (Å²) in [7, 11) is 2.67. The third-order valence-electron chi connectivity index (χ3n) is 2.99. The molecule has 0 atom stereocenters. The molecule has 2 aromatic carbocycles. The van der Waals surface area contributed by atoms with Gasteiger partial charge >= 0.3 is 11.9 Å². The highest BCUT2D eigenvalue weighted by molar-refractivity contribution is 6.32. The lowest BCUT2D eigenvalue weighted by atomic mass is 10.2. The maximum Gasteiger partial charge on any atom is 0.349 e. The van der Waals surface area contributed by atoms with Crippen molar-refractivity contribution in [2.24, 2.45) is 0 Å². The Bertz CT molecular complexity index is 744. The first-order valence-electron chi connectivity index (χ1n) is 6.89.